The van der Waals surface area contributed by atoms with E-state index in [1.165, 1.54) is 24.6 Å². The SMILES string of the molecule is CCCCOC(=O)[C@H]1CS[C@@H](C2CCCCC2)N1C(=O)c1cccc(F)c1. The molecule has 1 aromatic rings. The number of benzene rings is 1. The standard InChI is InChI=1S/C21H28FNO3S/c1-2-3-12-26-21(25)18-14-27-20(15-8-5-4-6-9-15)23(18)19(24)16-10-7-11-17(22)13-16/h7,10-11,13,15,18,20H,2-6,8-9,12,14H2,1H3/t18-,20+/m1/s1. The molecule has 6 heteroatoms. The zero-order chi connectivity index (χ0) is 19.2. The van der Waals surface area contributed by atoms with Crippen LogP contribution in [0.5, 0.6) is 0 Å². The second-order valence-electron chi connectivity index (χ2n) is 7.38. The first-order valence-electron chi connectivity index (χ1n) is 9.98. The molecule has 27 heavy (non-hydrogen) atoms. The van der Waals surface area contributed by atoms with Gasteiger partial charge in [-0.3, -0.25) is 4.79 Å². The van der Waals surface area contributed by atoms with Crippen LogP contribution in [0.25, 0.3) is 0 Å². The Balaban J connectivity index is 1.82. The quantitative estimate of drug-likeness (QED) is 0.522. The van der Waals surface area contributed by atoms with Crippen molar-refractivity contribution in [2.24, 2.45) is 5.92 Å². The fourth-order valence-corrected chi connectivity index (χ4v) is 5.56. The summed E-state index contributed by atoms with van der Waals surface area (Å²) in [4.78, 5) is 27.6. The van der Waals surface area contributed by atoms with Gasteiger partial charge in [0.2, 0.25) is 0 Å². The molecule has 0 radical (unpaired) electrons. The number of rotatable bonds is 6. The van der Waals surface area contributed by atoms with Crippen LogP contribution in [-0.4, -0.2) is 40.6 Å². The zero-order valence-electron chi connectivity index (χ0n) is 15.9. The van der Waals surface area contributed by atoms with Crippen LogP contribution in [0.4, 0.5) is 4.39 Å². The summed E-state index contributed by atoms with van der Waals surface area (Å²) in [5.74, 6) is -0.113. The highest BCUT2D eigenvalue weighted by Gasteiger charge is 2.45. The van der Waals surface area contributed by atoms with E-state index in [0.717, 1.165) is 38.5 Å². The van der Waals surface area contributed by atoms with Gasteiger partial charge in [-0.2, -0.15) is 0 Å². The smallest absolute Gasteiger partial charge is 0.329 e. The molecule has 4 nitrogen and oxygen atoms in total. The van der Waals surface area contributed by atoms with E-state index in [2.05, 4.69) is 0 Å². The van der Waals surface area contributed by atoms with Crippen LogP contribution in [0.2, 0.25) is 0 Å². The zero-order valence-corrected chi connectivity index (χ0v) is 16.7. The molecule has 0 aromatic heterocycles. The first kappa shape index (κ1) is 20.2. The van der Waals surface area contributed by atoms with E-state index in [1.807, 2.05) is 6.92 Å². The lowest BCUT2D eigenvalue weighted by atomic mass is 9.88. The van der Waals surface area contributed by atoms with Crippen LogP contribution in [0.15, 0.2) is 24.3 Å². The molecule has 3 rings (SSSR count). The average molecular weight is 394 g/mol. The molecular formula is C21H28FNO3S. The first-order valence-corrected chi connectivity index (χ1v) is 11.0. The summed E-state index contributed by atoms with van der Waals surface area (Å²) >= 11 is 1.67. The Morgan fingerprint density at radius 2 is 2.04 bits per heavy atom. The van der Waals surface area contributed by atoms with Gasteiger partial charge in [-0.15, -0.1) is 11.8 Å². The van der Waals surface area contributed by atoms with E-state index in [-0.39, 0.29) is 17.3 Å². The lowest BCUT2D eigenvalue weighted by molar-refractivity contribution is -0.148. The number of hydrogen-bond donors (Lipinski definition) is 0. The molecule has 0 N–H and O–H groups in total. The monoisotopic (exact) mass is 393 g/mol. The van der Waals surface area contributed by atoms with Gasteiger partial charge in [-0.1, -0.05) is 38.7 Å². The second-order valence-corrected chi connectivity index (χ2v) is 8.53. The molecule has 148 valence electrons. The van der Waals surface area contributed by atoms with Crippen LogP contribution in [0, 0.1) is 11.7 Å². The summed E-state index contributed by atoms with van der Waals surface area (Å²) in [6.07, 6.45) is 7.46. The third kappa shape index (κ3) is 4.84. The third-order valence-electron chi connectivity index (χ3n) is 5.41. The van der Waals surface area contributed by atoms with E-state index in [1.54, 1.807) is 22.7 Å². The van der Waals surface area contributed by atoms with Gasteiger partial charge in [0, 0.05) is 11.3 Å². The fourth-order valence-electron chi connectivity index (χ4n) is 3.93. The Morgan fingerprint density at radius 3 is 2.74 bits per heavy atom. The predicted octanol–water partition coefficient (Wildman–Crippen LogP) is 4.63. The van der Waals surface area contributed by atoms with Crippen LogP contribution >= 0.6 is 11.8 Å². The van der Waals surface area contributed by atoms with Crippen molar-refractivity contribution in [3.63, 3.8) is 0 Å². The Hall–Kier alpha value is -1.56. The van der Waals surface area contributed by atoms with Crippen molar-refractivity contribution in [1.29, 1.82) is 0 Å². The Labute approximate surface area is 164 Å². The largest absolute Gasteiger partial charge is 0.464 e. The normalized spacial score (nSPS) is 23.4. The summed E-state index contributed by atoms with van der Waals surface area (Å²) in [6, 6.07) is 5.14. The Morgan fingerprint density at radius 1 is 1.26 bits per heavy atom. The maximum Gasteiger partial charge on any atom is 0.329 e. The van der Waals surface area contributed by atoms with Crippen molar-refractivity contribution in [1.82, 2.24) is 4.90 Å². The van der Waals surface area contributed by atoms with Gasteiger partial charge in [0.05, 0.1) is 12.0 Å². The average Bonchev–Trinajstić information content (AvgIpc) is 3.13. The van der Waals surface area contributed by atoms with Crippen molar-refractivity contribution in [2.45, 2.75) is 63.3 Å². The van der Waals surface area contributed by atoms with Crippen LogP contribution in [0.1, 0.15) is 62.2 Å². The summed E-state index contributed by atoms with van der Waals surface area (Å²) in [5, 5.41) is -0.0372. The Kier molecular flexibility index (Phi) is 7.16. The Bertz CT molecular complexity index is 663. The minimum Gasteiger partial charge on any atom is -0.464 e. The van der Waals surface area contributed by atoms with Crippen LogP contribution in [0.3, 0.4) is 0 Å². The molecule has 1 saturated carbocycles. The van der Waals surface area contributed by atoms with E-state index < -0.39 is 11.9 Å². The van der Waals surface area contributed by atoms with E-state index in [4.69, 9.17) is 4.74 Å². The van der Waals surface area contributed by atoms with E-state index in [0.29, 0.717) is 23.8 Å². The summed E-state index contributed by atoms with van der Waals surface area (Å²) in [7, 11) is 0. The molecule has 1 heterocycles. The molecule has 0 spiro atoms. The predicted molar refractivity (Wildman–Crippen MR) is 105 cm³/mol. The summed E-state index contributed by atoms with van der Waals surface area (Å²) in [6.45, 7) is 2.42. The maximum atomic E-state index is 13.7. The van der Waals surface area contributed by atoms with Gasteiger partial charge in [0.1, 0.15) is 11.9 Å². The maximum absolute atomic E-state index is 13.7. The van der Waals surface area contributed by atoms with E-state index >= 15 is 0 Å². The summed E-state index contributed by atoms with van der Waals surface area (Å²) in [5.41, 5.74) is 0.296. The minimum absolute atomic E-state index is 0.0372. The molecule has 2 fully saturated rings. The first-order chi connectivity index (χ1) is 13.1. The van der Waals surface area contributed by atoms with Gasteiger partial charge in [-0.05, 0) is 43.4 Å². The van der Waals surface area contributed by atoms with Gasteiger partial charge in [-0.25, -0.2) is 9.18 Å². The second kappa shape index (κ2) is 9.58. The highest BCUT2D eigenvalue weighted by Crippen LogP contribution is 2.41. The number of ether oxygens (including phenoxy) is 1. The van der Waals surface area contributed by atoms with Crippen molar-refractivity contribution in [3.05, 3.63) is 35.6 Å². The number of halogens is 1. The molecule has 0 unspecified atom stereocenters. The number of carbonyl (C=O) groups is 2. The topological polar surface area (TPSA) is 46.6 Å². The number of thioether (sulfide) groups is 1. The van der Waals surface area contributed by atoms with E-state index in [9.17, 15) is 14.0 Å². The number of esters is 1. The van der Waals surface area contributed by atoms with Crippen molar-refractivity contribution in [3.8, 4) is 0 Å². The number of amides is 1. The molecule has 1 aromatic carbocycles. The van der Waals surface area contributed by atoms with Crippen LogP contribution < -0.4 is 0 Å². The highest BCUT2D eigenvalue weighted by molar-refractivity contribution is 8.00. The molecule has 2 atom stereocenters. The summed E-state index contributed by atoms with van der Waals surface area (Å²) < 4.78 is 19.1. The van der Waals surface area contributed by atoms with Gasteiger partial charge in [0.25, 0.3) is 5.91 Å². The molecule has 2 aliphatic rings. The fraction of sp³-hybridized carbons (Fsp3) is 0.619. The van der Waals surface area contributed by atoms with Gasteiger partial charge >= 0.3 is 5.97 Å². The number of hydrogen-bond acceptors (Lipinski definition) is 4. The molecular weight excluding hydrogens is 365 g/mol. The molecule has 1 saturated heterocycles. The number of nitrogens with zero attached hydrogens (tertiary/aromatic N) is 1. The molecule has 1 amide bonds. The lowest BCUT2D eigenvalue weighted by Crippen LogP contribution is -2.48. The molecule has 1 aliphatic heterocycles. The third-order valence-corrected chi connectivity index (χ3v) is 6.87. The van der Waals surface area contributed by atoms with Gasteiger partial charge < -0.3 is 9.64 Å². The van der Waals surface area contributed by atoms with Crippen molar-refractivity contribution < 1.29 is 18.7 Å². The van der Waals surface area contributed by atoms with Crippen molar-refractivity contribution >= 4 is 23.6 Å². The molecule has 1 aliphatic carbocycles. The van der Waals surface area contributed by atoms with Crippen molar-refractivity contribution in [2.75, 3.05) is 12.4 Å². The minimum atomic E-state index is -0.588. The molecule has 0 bridgehead atoms. The van der Waals surface area contributed by atoms with Gasteiger partial charge in [0.15, 0.2) is 0 Å². The lowest BCUT2D eigenvalue weighted by Gasteiger charge is -2.35. The number of carbonyl (C=O) groups excluding carboxylic acids is 2. The number of unbranched alkanes of at least 4 members (excludes halogenated alkanes) is 1. The highest BCUT2D eigenvalue weighted by atomic mass is 32.2. The van der Waals surface area contributed by atoms with Crippen LogP contribution in [-0.2, 0) is 9.53 Å².